The topological polar surface area (TPSA) is 50.7 Å². The van der Waals surface area contributed by atoms with Crippen LogP contribution in [-0.4, -0.2) is 21.5 Å². The van der Waals surface area contributed by atoms with Crippen LogP contribution in [0.4, 0.5) is 5.82 Å². The summed E-state index contributed by atoms with van der Waals surface area (Å²) in [5, 5.41) is 5.37. The normalized spacial score (nSPS) is 10.9. The summed E-state index contributed by atoms with van der Waals surface area (Å²) < 4.78 is 2.19. The molecule has 0 saturated heterocycles. The van der Waals surface area contributed by atoms with E-state index in [2.05, 4.69) is 55.8 Å². The summed E-state index contributed by atoms with van der Waals surface area (Å²) in [6.07, 6.45) is 4.75. The van der Waals surface area contributed by atoms with Crippen LogP contribution in [0.15, 0.2) is 29.9 Å². The first-order chi connectivity index (χ1) is 9.78. The van der Waals surface area contributed by atoms with Crippen LogP contribution in [0.2, 0.25) is 0 Å². The Morgan fingerprint density at radius 2 is 2.20 bits per heavy atom. The van der Waals surface area contributed by atoms with Crippen molar-refractivity contribution in [3.63, 3.8) is 0 Å². The first-order valence-corrected chi connectivity index (χ1v) is 8.34. The molecule has 0 fully saturated rings. The largest absolute Gasteiger partial charge is 0.369 e. The van der Waals surface area contributed by atoms with Crippen molar-refractivity contribution in [3.8, 4) is 11.4 Å². The minimum atomic E-state index is 0.715. The Kier molecular flexibility index (Phi) is 4.11. The monoisotopic (exact) mass is 396 g/mol. The van der Waals surface area contributed by atoms with E-state index in [1.54, 1.807) is 11.3 Å². The number of fused-ring (bicyclic) bond motifs is 1. The molecule has 3 heterocycles. The Labute approximate surface area is 134 Å². The number of nitrogens with zero attached hydrogens (tertiary/aromatic N) is 3. The van der Waals surface area contributed by atoms with Gasteiger partial charge in [0.1, 0.15) is 5.82 Å². The molecule has 0 aliphatic rings. The van der Waals surface area contributed by atoms with E-state index in [0.717, 1.165) is 38.1 Å². The molecule has 0 unspecified atom stereocenters. The summed E-state index contributed by atoms with van der Waals surface area (Å²) >= 11 is 3.93. The molecular weight excluding hydrogens is 383 g/mol. The molecule has 20 heavy (non-hydrogen) atoms. The van der Waals surface area contributed by atoms with Crippen LogP contribution in [0.5, 0.6) is 0 Å². The second-order valence-electron chi connectivity index (χ2n) is 4.34. The van der Waals surface area contributed by atoms with Gasteiger partial charge in [0.2, 0.25) is 0 Å². The zero-order valence-corrected chi connectivity index (χ0v) is 13.9. The molecule has 0 amide bonds. The van der Waals surface area contributed by atoms with Gasteiger partial charge in [0.15, 0.2) is 5.82 Å². The minimum Gasteiger partial charge on any atom is -0.369 e. The van der Waals surface area contributed by atoms with E-state index in [9.17, 15) is 0 Å². The predicted molar refractivity (Wildman–Crippen MR) is 92.1 cm³/mol. The predicted octanol–water partition coefficient (Wildman–Crippen LogP) is 4.18. The average molecular weight is 396 g/mol. The minimum absolute atomic E-state index is 0.715. The van der Waals surface area contributed by atoms with Crippen molar-refractivity contribution in [2.24, 2.45) is 0 Å². The maximum Gasteiger partial charge on any atom is 0.163 e. The number of anilines is 1. The molecular formula is C14H13IN4S. The maximum atomic E-state index is 4.61. The second kappa shape index (κ2) is 6.01. The number of hydrogen-bond donors (Lipinski definition) is 1. The van der Waals surface area contributed by atoms with Gasteiger partial charge in [-0.25, -0.2) is 9.97 Å². The Morgan fingerprint density at radius 1 is 1.30 bits per heavy atom. The van der Waals surface area contributed by atoms with Gasteiger partial charge in [-0.15, -0.1) is 11.3 Å². The molecule has 3 aromatic rings. The first-order valence-electron chi connectivity index (χ1n) is 6.38. The van der Waals surface area contributed by atoms with Crippen LogP contribution in [0, 0.1) is 3.57 Å². The number of halogens is 1. The third kappa shape index (κ3) is 2.76. The van der Waals surface area contributed by atoms with Crippen molar-refractivity contribution >= 4 is 50.0 Å². The number of thiophene rings is 1. The summed E-state index contributed by atoms with van der Waals surface area (Å²) in [5.41, 5.74) is 1.98. The Balaban J connectivity index is 2.00. The summed E-state index contributed by atoms with van der Waals surface area (Å²) in [7, 11) is 0. The van der Waals surface area contributed by atoms with Crippen LogP contribution in [-0.2, 0) is 0 Å². The number of aromatic nitrogens is 3. The zero-order valence-electron chi connectivity index (χ0n) is 10.9. The van der Waals surface area contributed by atoms with E-state index in [1.807, 2.05) is 23.8 Å². The molecule has 3 rings (SSSR count). The van der Waals surface area contributed by atoms with Gasteiger partial charge in [-0.3, -0.25) is 4.98 Å². The summed E-state index contributed by atoms with van der Waals surface area (Å²) in [4.78, 5) is 13.5. The molecule has 6 heteroatoms. The third-order valence-corrected chi connectivity index (χ3v) is 4.49. The van der Waals surface area contributed by atoms with Crippen LogP contribution >= 0.6 is 33.9 Å². The van der Waals surface area contributed by atoms with E-state index in [1.165, 1.54) is 0 Å². The second-order valence-corrected chi connectivity index (χ2v) is 6.45. The van der Waals surface area contributed by atoms with E-state index in [4.69, 9.17) is 0 Å². The number of nitrogens with one attached hydrogen (secondary N) is 1. The quantitative estimate of drug-likeness (QED) is 0.673. The fraction of sp³-hybridized carbons (Fsp3) is 0.214. The first kappa shape index (κ1) is 13.7. The number of hydrogen-bond acceptors (Lipinski definition) is 5. The Morgan fingerprint density at radius 3 is 3.05 bits per heavy atom. The standard InChI is InChI=1S/C14H13IN4S/c1-2-4-16-14-10(15)8-18-13(19-14)9-6-12-11(17-7-9)3-5-20-12/h3,5-8H,2,4H2,1H3,(H,16,18,19). The van der Waals surface area contributed by atoms with Crippen LogP contribution in [0.1, 0.15) is 13.3 Å². The molecule has 3 aromatic heterocycles. The van der Waals surface area contributed by atoms with Crippen LogP contribution in [0.3, 0.4) is 0 Å². The van der Waals surface area contributed by atoms with E-state index >= 15 is 0 Å². The van der Waals surface area contributed by atoms with Gasteiger partial charge in [0.25, 0.3) is 0 Å². The lowest BCUT2D eigenvalue weighted by atomic mass is 10.2. The molecule has 0 radical (unpaired) electrons. The highest BCUT2D eigenvalue weighted by Gasteiger charge is 2.08. The van der Waals surface area contributed by atoms with Gasteiger partial charge in [0, 0.05) is 24.5 Å². The highest BCUT2D eigenvalue weighted by molar-refractivity contribution is 14.1. The average Bonchev–Trinajstić information content (AvgIpc) is 2.94. The van der Waals surface area contributed by atoms with Crippen molar-refractivity contribution < 1.29 is 0 Å². The fourth-order valence-corrected chi connectivity index (χ4v) is 3.07. The van der Waals surface area contributed by atoms with E-state index < -0.39 is 0 Å². The summed E-state index contributed by atoms with van der Waals surface area (Å²) in [5.74, 6) is 1.61. The lowest BCUT2D eigenvalue weighted by Crippen LogP contribution is -2.05. The van der Waals surface area contributed by atoms with Gasteiger partial charge in [0.05, 0.1) is 13.8 Å². The van der Waals surface area contributed by atoms with Gasteiger partial charge < -0.3 is 5.32 Å². The molecule has 1 N–H and O–H groups in total. The Hall–Kier alpha value is -1.28. The lowest BCUT2D eigenvalue weighted by Gasteiger charge is -2.08. The van der Waals surface area contributed by atoms with Gasteiger partial charge in [-0.05, 0) is 46.5 Å². The summed E-state index contributed by atoms with van der Waals surface area (Å²) in [6.45, 7) is 3.05. The van der Waals surface area contributed by atoms with Crippen molar-refractivity contribution in [2.45, 2.75) is 13.3 Å². The van der Waals surface area contributed by atoms with Crippen molar-refractivity contribution in [2.75, 3.05) is 11.9 Å². The lowest BCUT2D eigenvalue weighted by molar-refractivity contribution is 0.963. The highest BCUT2D eigenvalue weighted by atomic mass is 127. The fourth-order valence-electron chi connectivity index (χ4n) is 1.84. The number of pyridine rings is 1. The zero-order chi connectivity index (χ0) is 13.9. The third-order valence-electron chi connectivity index (χ3n) is 2.85. The van der Waals surface area contributed by atoms with Crippen molar-refractivity contribution in [1.82, 2.24) is 15.0 Å². The molecule has 0 aliphatic heterocycles. The smallest absolute Gasteiger partial charge is 0.163 e. The molecule has 0 saturated carbocycles. The van der Waals surface area contributed by atoms with Gasteiger partial charge in [-0.2, -0.15) is 0 Å². The SMILES string of the molecule is CCCNc1nc(-c2cnc3ccsc3c2)ncc1I. The Bertz CT molecular complexity index is 741. The van der Waals surface area contributed by atoms with Crippen LogP contribution in [0.25, 0.3) is 21.6 Å². The molecule has 0 bridgehead atoms. The van der Waals surface area contributed by atoms with Crippen LogP contribution < -0.4 is 5.32 Å². The molecule has 0 aromatic carbocycles. The summed E-state index contributed by atoms with van der Waals surface area (Å²) in [6, 6.07) is 4.12. The number of rotatable bonds is 4. The molecule has 0 aliphatic carbocycles. The van der Waals surface area contributed by atoms with E-state index in [-0.39, 0.29) is 0 Å². The van der Waals surface area contributed by atoms with Crippen molar-refractivity contribution in [3.05, 3.63) is 33.5 Å². The highest BCUT2D eigenvalue weighted by Crippen LogP contribution is 2.25. The van der Waals surface area contributed by atoms with E-state index in [0.29, 0.717) is 5.82 Å². The molecule has 102 valence electrons. The van der Waals surface area contributed by atoms with Gasteiger partial charge >= 0.3 is 0 Å². The molecule has 4 nitrogen and oxygen atoms in total. The van der Waals surface area contributed by atoms with Gasteiger partial charge in [-0.1, -0.05) is 6.92 Å². The molecule has 0 spiro atoms. The molecule has 0 atom stereocenters. The maximum absolute atomic E-state index is 4.61. The van der Waals surface area contributed by atoms with Crippen molar-refractivity contribution in [1.29, 1.82) is 0 Å².